The van der Waals surface area contributed by atoms with Gasteiger partial charge in [-0.1, -0.05) is 24.3 Å². The Morgan fingerprint density at radius 3 is 3.06 bits per heavy atom. The van der Waals surface area contributed by atoms with Crippen molar-refractivity contribution in [1.29, 1.82) is 0 Å². The minimum absolute atomic E-state index is 0.0838. The van der Waals surface area contributed by atoms with Crippen LogP contribution in [0.5, 0.6) is 0 Å². The number of unbranched alkanes of at least 4 members (excludes halogenated alkanes) is 1. The molecular weight excluding hydrogens is 428 g/mol. The van der Waals surface area contributed by atoms with Crippen molar-refractivity contribution in [3.05, 3.63) is 59.4 Å². The molecule has 2 aliphatic rings. The maximum Gasteiger partial charge on any atom is 0.325 e. The Kier molecular flexibility index (Phi) is 6.83. The molecule has 1 saturated heterocycles. The van der Waals surface area contributed by atoms with Crippen molar-refractivity contribution in [3.8, 4) is 0 Å². The molecule has 2 aliphatic heterocycles. The zero-order chi connectivity index (χ0) is 23.5. The lowest BCUT2D eigenvalue weighted by Crippen LogP contribution is -2.33. The van der Waals surface area contributed by atoms with Gasteiger partial charge in [-0.2, -0.15) is 0 Å². The van der Waals surface area contributed by atoms with E-state index >= 15 is 0 Å². The van der Waals surface area contributed by atoms with E-state index in [1.54, 1.807) is 0 Å². The number of pyridine rings is 1. The Morgan fingerprint density at radius 1 is 1.26 bits per heavy atom. The lowest BCUT2D eigenvalue weighted by Gasteiger charge is -2.25. The van der Waals surface area contributed by atoms with E-state index in [0.29, 0.717) is 13.2 Å². The van der Waals surface area contributed by atoms with Gasteiger partial charge in [-0.25, -0.2) is 4.98 Å². The van der Waals surface area contributed by atoms with Crippen molar-refractivity contribution in [2.75, 3.05) is 31.6 Å². The van der Waals surface area contributed by atoms with Gasteiger partial charge in [0.25, 0.3) is 0 Å². The normalized spacial score (nSPS) is 19.1. The maximum atomic E-state index is 12.3. The van der Waals surface area contributed by atoms with Crippen LogP contribution in [-0.2, 0) is 29.4 Å². The second kappa shape index (κ2) is 10.2. The first-order valence-corrected chi connectivity index (χ1v) is 12.5. The van der Waals surface area contributed by atoms with Crippen molar-refractivity contribution in [3.63, 3.8) is 0 Å². The summed E-state index contributed by atoms with van der Waals surface area (Å²) in [5.41, 5.74) is 4.31. The van der Waals surface area contributed by atoms with Crippen molar-refractivity contribution in [1.82, 2.24) is 14.5 Å². The number of aliphatic carboxylic acids is 1. The highest BCUT2D eigenvalue weighted by Crippen LogP contribution is 2.32. The number of likely N-dealkylation sites (tertiary alicyclic amines) is 1. The van der Waals surface area contributed by atoms with Crippen molar-refractivity contribution >= 4 is 22.7 Å². The minimum Gasteiger partial charge on any atom is -0.480 e. The number of carbonyl (C=O) groups is 1. The molecule has 2 atom stereocenters. The number of para-hydroxylation sites is 1. The molecule has 2 N–H and O–H groups in total. The molecule has 180 valence electrons. The van der Waals surface area contributed by atoms with Crippen LogP contribution < -0.4 is 5.32 Å². The molecule has 0 radical (unpaired) electrons. The number of hydrogen-bond donors (Lipinski definition) is 2. The topological polar surface area (TPSA) is 79.6 Å². The standard InChI is InChI=1S/C27H34N4O3/c1-30-15-12-19-6-4-9-23(24(19)30)25(27(32)33)31-16-13-22(18-31)34-17-3-2-8-21-11-10-20-7-5-14-28-26(20)29-21/h4,6,9-12,15,22,25H,2-3,5,7-8,13-14,16-18H2,1H3,(H,28,29)(H,32,33)/t22-,25?/m1/s1. The van der Waals surface area contributed by atoms with Gasteiger partial charge in [0.1, 0.15) is 11.9 Å². The number of nitrogens with one attached hydrogen (secondary N) is 1. The summed E-state index contributed by atoms with van der Waals surface area (Å²) >= 11 is 0. The van der Waals surface area contributed by atoms with Crippen molar-refractivity contribution < 1.29 is 14.6 Å². The summed E-state index contributed by atoms with van der Waals surface area (Å²) in [5, 5.41) is 14.6. The van der Waals surface area contributed by atoms with E-state index in [0.717, 1.165) is 73.2 Å². The van der Waals surface area contributed by atoms with Gasteiger partial charge in [-0.05, 0) is 61.6 Å². The average molecular weight is 463 g/mol. The number of aromatic nitrogens is 2. The molecule has 0 saturated carbocycles. The SMILES string of the molecule is Cn1ccc2cccc(C(C(=O)O)N3CC[C@@H](OCCCCc4ccc5c(n4)NCCC5)C3)c21. The zero-order valence-electron chi connectivity index (χ0n) is 19.9. The highest BCUT2D eigenvalue weighted by molar-refractivity contribution is 5.88. The molecule has 3 aromatic rings. The number of rotatable bonds is 9. The molecule has 7 nitrogen and oxygen atoms in total. The van der Waals surface area contributed by atoms with Crippen LogP contribution in [0.1, 0.15) is 48.5 Å². The fraction of sp³-hybridized carbons (Fsp3) is 0.481. The number of ether oxygens (including phenoxy) is 1. The molecule has 2 aromatic heterocycles. The predicted molar refractivity (Wildman–Crippen MR) is 133 cm³/mol. The van der Waals surface area contributed by atoms with Crippen LogP contribution in [0.3, 0.4) is 0 Å². The average Bonchev–Trinajstić information content (AvgIpc) is 3.46. The number of carboxylic acids is 1. The number of benzene rings is 1. The number of fused-ring (bicyclic) bond motifs is 2. The lowest BCUT2D eigenvalue weighted by atomic mass is 10.0. The van der Waals surface area contributed by atoms with Crippen molar-refractivity contribution in [2.24, 2.45) is 7.05 Å². The number of aryl methyl sites for hydroxylation is 3. The first kappa shape index (κ1) is 22.9. The molecule has 0 amide bonds. The summed E-state index contributed by atoms with van der Waals surface area (Å²) in [6.07, 6.45) is 8.20. The quantitative estimate of drug-likeness (QED) is 0.465. The molecular formula is C27H34N4O3. The Hall–Kier alpha value is -2.90. The van der Waals surface area contributed by atoms with Crippen molar-refractivity contribution in [2.45, 2.75) is 50.7 Å². The fourth-order valence-electron chi connectivity index (χ4n) is 5.39. The molecule has 1 fully saturated rings. The third-order valence-electron chi connectivity index (χ3n) is 7.13. The summed E-state index contributed by atoms with van der Waals surface area (Å²) in [6.45, 7) is 3.09. The summed E-state index contributed by atoms with van der Waals surface area (Å²) < 4.78 is 8.16. The molecule has 1 aromatic carbocycles. The molecule has 7 heteroatoms. The van der Waals surface area contributed by atoms with Crippen LogP contribution in [0.25, 0.3) is 10.9 Å². The van der Waals surface area contributed by atoms with Gasteiger partial charge in [-0.3, -0.25) is 9.69 Å². The molecule has 0 aliphatic carbocycles. The van der Waals surface area contributed by atoms with E-state index in [1.807, 2.05) is 42.1 Å². The van der Waals surface area contributed by atoms with Gasteiger partial charge in [0.15, 0.2) is 0 Å². The third kappa shape index (κ3) is 4.81. The van der Waals surface area contributed by atoms with E-state index < -0.39 is 12.0 Å². The number of hydrogen-bond acceptors (Lipinski definition) is 5. The van der Waals surface area contributed by atoms with E-state index in [-0.39, 0.29) is 6.10 Å². The molecule has 34 heavy (non-hydrogen) atoms. The van der Waals surface area contributed by atoms with Crippen LogP contribution in [0.4, 0.5) is 5.82 Å². The Balaban J connectivity index is 1.12. The van der Waals surface area contributed by atoms with E-state index in [4.69, 9.17) is 9.72 Å². The highest BCUT2D eigenvalue weighted by atomic mass is 16.5. The number of nitrogens with zero attached hydrogens (tertiary/aromatic N) is 3. The smallest absolute Gasteiger partial charge is 0.325 e. The van der Waals surface area contributed by atoms with Gasteiger partial charge >= 0.3 is 5.97 Å². The van der Waals surface area contributed by atoms with Gasteiger partial charge in [0.05, 0.1) is 11.6 Å². The monoisotopic (exact) mass is 462 g/mol. The summed E-state index contributed by atoms with van der Waals surface area (Å²) in [5.74, 6) is 0.256. The van der Waals surface area contributed by atoms with Gasteiger partial charge < -0.3 is 19.7 Å². The lowest BCUT2D eigenvalue weighted by molar-refractivity contribution is -0.143. The van der Waals surface area contributed by atoms with Gasteiger partial charge in [-0.15, -0.1) is 0 Å². The molecule has 0 spiro atoms. The van der Waals surface area contributed by atoms with Crippen LogP contribution in [-0.4, -0.2) is 57.9 Å². The number of anilines is 1. The van der Waals surface area contributed by atoms with Gasteiger partial charge in [0, 0.05) is 50.7 Å². The van der Waals surface area contributed by atoms with E-state index in [2.05, 4.69) is 22.3 Å². The van der Waals surface area contributed by atoms with Crippen LogP contribution >= 0.6 is 0 Å². The van der Waals surface area contributed by atoms with Gasteiger partial charge in [0.2, 0.25) is 0 Å². The molecule has 4 heterocycles. The number of carboxylic acid groups (broad SMARTS) is 1. The summed E-state index contributed by atoms with van der Waals surface area (Å²) in [7, 11) is 1.97. The summed E-state index contributed by atoms with van der Waals surface area (Å²) in [4.78, 5) is 19.1. The van der Waals surface area contributed by atoms with E-state index in [1.165, 1.54) is 12.0 Å². The maximum absolute atomic E-state index is 12.3. The molecule has 0 bridgehead atoms. The summed E-state index contributed by atoms with van der Waals surface area (Å²) in [6, 6.07) is 11.7. The highest BCUT2D eigenvalue weighted by Gasteiger charge is 2.35. The Bertz CT molecular complexity index is 1160. The van der Waals surface area contributed by atoms with Crippen LogP contribution in [0.15, 0.2) is 42.6 Å². The Morgan fingerprint density at radius 2 is 2.18 bits per heavy atom. The Labute approximate surface area is 200 Å². The predicted octanol–water partition coefficient (Wildman–Crippen LogP) is 4.17. The fourth-order valence-corrected chi connectivity index (χ4v) is 5.39. The second-order valence-corrected chi connectivity index (χ2v) is 9.53. The second-order valence-electron chi connectivity index (χ2n) is 9.53. The molecule has 1 unspecified atom stereocenters. The van der Waals surface area contributed by atoms with Crippen LogP contribution in [0.2, 0.25) is 0 Å². The first-order valence-electron chi connectivity index (χ1n) is 12.5. The minimum atomic E-state index is -0.804. The van der Waals surface area contributed by atoms with Crippen LogP contribution in [0, 0.1) is 0 Å². The largest absolute Gasteiger partial charge is 0.480 e. The third-order valence-corrected chi connectivity index (χ3v) is 7.13. The molecule has 5 rings (SSSR count). The van der Waals surface area contributed by atoms with E-state index in [9.17, 15) is 9.90 Å². The first-order chi connectivity index (χ1) is 16.6. The zero-order valence-corrected chi connectivity index (χ0v) is 19.9.